The molecule has 6 heteroatoms. The summed E-state index contributed by atoms with van der Waals surface area (Å²) >= 11 is 0. The van der Waals surface area contributed by atoms with Crippen molar-refractivity contribution in [1.82, 2.24) is 19.5 Å². The van der Waals surface area contributed by atoms with Crippen molar-refractivity contribution in [2.45, 2.75) is 0 Å². The lowest BCUT2D eigenvalue weighted by Crippen LogP contribution is -2.00. The molecule has 0 saturated heterocycles. The van der Waals surface area contributed by atoms with Crippen LogP contribution in [0.1, 0.15) is 0 Å². The fraction of sp³-hybridized carbons (Fsp3) is 0. The van der Waals surface area contributed by atoms with Gasteiger partial charge in [-0.3, -0.25) is 0 Å². The van der Waals surface area contributed by atoms with E-state index in [1.165, 1.54) is 10.8 Å². The van der Waals surface area contributed by atoms with E-state index in [2.05, 4.69) is 83.4 Å². The molecular weight excluding hydrogens is 629 g/mol. The minimum atomic E-state index is 0.583. The van der Waals surface area contributed by atoms with Crippen molar-refractivity contribution >= 4 is 65.7 Å². The Morgan fingerprint density at radius 3 is 1.55 bits per heavy atom. The Hall–Kier alpha value is -7.05. The Morgan fingerprint density at radius 1 is 0.373 bits per heavy atom. The summed E-state index contributed by atoms with van der Waals surface area (Å²) < 4.78 is 15.6. The van der Waals surface area contributed by atoms with E-state index in [4.69, 9.17) is 23.8 Å². The largest absolute Gasteiger partial charge is 0.456 e. The summed E-state index contributed by atoms with van der Waals surface area (Å²) in [5.41, 5.74) is 9.19. The van der Waals surface area contributed by atoms with E-state index < -0.39 is 0 Å². The third-order valence-corrected chi connectivity index (χ3v) is 9.85. The molecule has 0 bridgehead atoms. The molecule has 0 unspecified atom stereocenters. The Balaban J connectivity index is 1.12. The van der Waals surface area contributed by atoms with Crippen molar-refractivity contribution in [2.75, 3.05) is 0 Å². The zero-order valence-electron chi connectivity index (χ0n) is 27.1. The van der Waals surface area contributed by atoms with E-state index in [0.717, 1.165) is 77.3 Å². The quantitative estimate of drug-likeness (QED) is 0.189. The maximum Gasteiger partial charge on any atom is 0.164 e. The molecule has 0 saturated carbocycles. The number of hydrogen-bond acceptors (Lipinski definition) is 5. The molecule has 0 radical (unpaired) electrons. The predicted molar refractivity (Wildman–Crippen MR) is 205 cm³/mol. The smallest absolute Gasteiger partial charge is 0.164 e. The molecule has 4 heterocycles. The Labute approximate surface area is 290 Å². The van der Waals surface area contributed by atoms with Crippen LogP contribution in [0.3, 0.4) is 0 Å². The molecule has 0 amide bonds. The van der Waals surface area contributed by atoms with Gasteiger partial charge < -0.3 is 13.4 Å². The first-order valence-corrected chi connectivity index (χ1v) is 16.9. The molecule has 0 spiro atoms. The Kier molecular flexibility index (Phi) is 5.86. The molecule has 7 aromatic carbocycles. The van der Waals surface area contributed by atoms with Crippen molar-refractivity contribution < 1.29 is 8.83 Å². The molecule has 0 aliphatic carbocycles. The van der Waals surface area contributed by atoms with Crippen LogP contribution >= 0.6 is 0 Å². The molecule has 11 aromatic rings. The third-order valence-electron chi connectivity index (χ3n) is 9.85. The molecule has 238 valence electrons. The van der Waals surface area contributed by atoms with Gasteiger partial charge in [0.1, 0.15) is 16.7 Å². The number of benzene rings is 7. The molecular formula is C45H26N4O2. The lowest BCUT2D eigenvalue weighted by atomic mass is 10.0. The highest BCUT2D eigenvalue weighted by Crippen LogP contribution is 2.43. The average Bonchev–Trinajstić information content (AvgIpc) is 3.87. The molecule has 51 heavy (non-hydrogen) atoms. The molecule has 0 atom stereocenters. The van der Waals surface area contributed by atoms with Crippen molar-refractivity contribution in [2.24, 2.45) is 0 Å². The topological polar surface area (TPSA) is 69.9 Å². The van der Waals surface area contributed by atoms with Gasteiger partial charge in [-0.1, -0.05) is 115 Å². The zero-order valence-corrected chi connectivity index (χ0v) is 27.1. The van der Waals surface area contributed by atoms with Crippen LogP contribution in [0.15, 0.2) is 167 Å². The minimum absolute atomic E-state index is 0.583. The highest BCUT2D eigenvalue weighted by atomic mass is 16.3. The summed E-state index contributed by atoms with van der Waals surface area (Å²) in [7, 11) is 0. The second-order valence-corrected chi connectivity index (χ2v) is 12.8. The fourth-order valence-electron chi connectivity index (χ4n) is 7.57. The number of furan rings is 2. The van der Waals surface area contributed by atoms with E-state index in [0.29, 0.717) is 17.5 Å². The zero-order chi connectivity index (χ0) is 33.5. The van der Waals surface area contributed by atoms with Crippen LogP contribution in [0.25, 0.3) is 106 Å². The van der Waals surface area contributed by atoms with Gasteiger partial charge >= 0.3 is 0 Å². The van der Waals surface area contributed by atoms with Gasteiger partial charge in [-0.25, -0.2) is 15.0 Å². The van der Waals surface area contributed by atoms with E-state index in [1.807, 2.05) is 78.9 Å². The van der Waals surface area contributed by atoms with Crippen LogP contribution in [0.5, 0.6) is 0 Å². The summed E-state index contributed by atoms with van der Waals surface area (Å²) in [5, 5.41) is 6.53. The SMILES string of the molecule is c1ccc(-c2nc(-c3ccccc3)nc(-c3ccc4c(c3)oc3ccc5oc6c(-n7c8ccccc8c8ccccc87)cccc6c5c34)n2)cc1. The van der Waals surface area contributed by atoms with Gasteiger partial charge in [-0.05, 0) is 42.5 Å². The highest BCUT2D eigenvalue weighted by molar-refractivity contribution is 6.26. The summed E-state index contributed by atoms with van der Waals surface area (Å²) in [4.78, 5) is 14.7. The van der Waals surface area contributed by atoms with Gasteiger partial charge in [0, 0.05) is 49.0 Å². The lowest BCUT2D eigenvalue weighted by Gasteiger charge is -2.08. The lowest BCUT2D eigenvalue weighted by molar-refractivity contribution is 0.661. The Morgan fingerprint density at radius 2 is 0.902 bits per heavy atom. The van der Waals surface area contributed by atoms with E-state index in [-0.39, 0.29) is 0 Å². The molecule has 11 rings (SSSR count). The maximum absolute atomic E-state index is 6.75. The molecule has 0 aliphatic rings. The van der Waals surface area contributed by atoms with E-state index >= 15 is 0 Å². The highest BCUT2D eigenvalue weighted by Gasteiger charge is 2.21. The fourth-order valence-corrected chi connectivity index (χ4v) is 7.57. The predicted octanol–water partition coefficient (Wildman–Crippen LogP) is 11.8. The van der Waals surface area contributed by atoms with E-state index in [1.54, 1.807) is 0 Å². The second-order valence-electron chi connectivity index (χ2n) is 12.8. The standard InChI is InChI=1S/C45H26N4O2/c1-3-12-27(13-4-1)43-46-44(28-14-5-2-6-15-28)48-45(47-43)29-22-23-32-39(26-29)50-37-24-25-38-41(40(32)37)33-18-11-21-36(42(33)51-38)49-34-19-9-7-16-30(34)31-17-8-10-20-35(31)49/h1-26H. The van der Waals surface area contributed by atoms with Gasteiger partial charge in [-0.15, -0.1) is 0 Å². The van der Waals surface area contributed by atoms with Crippen LogP contribution < -0.4 is 0 Å². The van der Waals surface area contributed by atoms with Gasteiger partial charge in [0.2, 0.25) is 0 Å². The van der Waals surface area contributed by atoms with Gasteiger partial charge in [0.15, 0.2) is 23.1 Å². The normalized spacial score (nSPS) is 11.9. The van der Waals surface area contributed by atoms with Gasteiger partial charge in [0.25, 0.3) is 0 Å². The van der Waals surface area contributed by atoms with Crippen LogP contribution in [0.4, 0.5) is 0 Å². The van der Waals surface area contributed by atoms with Crippen molar-refractivity contribution in [3.8, 4) is 39.9 Å². The number of nitrogens with zero attached hydrogens (tertiary/aromatic N) is 4. The molecule has 0 aliphatic heterocycles. The molecule has 0 N–H and O–H groups in total. The van der Waals surface area contributed by atoms with Crippen molar-refractivity contribution in [1.29, 1.82) is 0 Å². The number of aromatic nitrogens is 4. The van der Waals surface area contributed by atoms with Crippen LogP contribution in [-0.2, 0) is 0 Å². The molecule has 6 nitrogen and oxygen atoms in total. The number of fused-ring (bicyclic) bond motifs is 10. The molecule has 4 aromatic heterocycles. The Bertz CT molecular complexity index is 3030. The van der Waals surface area contributed by atoms with Crippen LogP contribution in [-0.4, -0.2) is 19.5 Å². The van der Waals surface area contributed by atoms with E-state index in [9.17, 15) is 0 Å². The van der Waals surface area contributed by atoms with Crippen molar-refractivity contribution in [3.05, 3.63) is 158 Å². The van der Waals surface area contributed by atoms with Crippen LogP contribution in [0, 0.1) is 0 Å². The molecule has 0 fully saturated rings. The third kappa shape index (κ3) is 4.20. The number of hydrogen-bond donors (Lipinski definition) is 0. The second kappa shape index (κ2) is 10.7. The monoisotopic (exact) mass is 654 g/mol. The average molecular weight is 655 g/mol. The van der Waals surface area contributed by atoms with Gasteiger partial charge in [-0.2, -0.15) is 0 Å². The van der Waals surface area contributed by atoms with Crippen LogP contribution in [0.2, 0.25) is 0 Å². The first-order valence-electron chi connectivity index (χ1n) is 16.9. The maximum atomic E-state index is 6.75. The first kappa shape index (κ1) is 27.9. The summed E-state index contributed by atoms with van der Waals surface area (Å²) in [5.74, 6) is 1.82. The number of para-hydroxylation sites is 3. The van der Waals surface area contributed by atoms with Gasteiger partial charge in [0.05, 0.1) is 16.7 Å². The van der Waals surface area contributed by atoms with Crippen molar-refractivity contribution in [3.63, 3.8) is 0 Å². The summed E-state index contributed by atoms with van der Waals surface area (Å²) in [6.45, 7) is 0. The number of rotatable bonds is 4. The minimum Gasteiger partial charge on any atom is -0.456 e. The summed E-state index contributed by atoms with van der Waals surface area (Å²) in [6, 6.07) is 53.8. The first-order chi connectivity index (χ1) is 25.3. The summed E-state index contributed by atoms with van der Waals surface area (Å²) in [6.07, 6.45) is 0.